The van der Waals surface area contributed by atoms with Crippen molar-refractivity contribution in [2.24, 2.45) is 0 Å². The average molecular weight is 413 g/mol. The van der Waals surface area contributed by atoms with Crippen LogP contribution in [-0.4, -0.2) is 36.6 Å². The number of ether oxygens (including phenoxy) is 2. The van der Waals surface area contributed by atoms with Gasteiger partial charge in [0.1, 0.15) is 11.4 Å². The van der Waals surface area contributed by atoms with Crippen LogP contribution in [0.4, 0.5) is 11.4 Å². The molecule has 0 aromatic heterocycles. The highest BCUT2D eigenvalue weighted by Crippen LogP contribution is 2.31. The Morgan fingerprint density at radius 1 is 1.23 bits per heavy atom. The van der Waals surface area contributed by atoms with E-state index >= 15 is 0 Å². The number of benzene rings is 2. The monoisotopic (exact) mass is 413 g/mol. The molecular weight excluding hydrogens is 390 g/mol. The lowest BCUT2D eigenvalue weighted by Crippen LogP contribution is -2.31. The molecule has 1 fully saturated rings. The van der Waals surface area contributed by atoms with Crippen molar-refractivity contribution in [3.05, 3.63) is 63.7 Å². The molecule has 1 aliphatic rings. The number of nitrogens with one attached hydrogen (secondary N) is 2. The Bertz CT molecular complexity index is 958. The average Bonchev–Trinajstić information content (AvgIpc) is 3.56. The Kier molecular flexibility index (Phi) is 6.51. The smallest absolute Gasteiger partial charge is 0.338 e. The summed E-state index contributed by atoms with van der Waals surface area (Å²) in [6.07, 6.45) is 1.92. The van der Waals surface area contributed by atoms with Crippen LogP contribution < -0.4 is 15.4 Å². The lowest BCUT2D eigenvalue weighted by molar-refractivity contribution is -0.384. The largest absolute Gasteiger partial charge is 0.496 e. The van der Waals surface area contributed by atoms with Gasteiger partial charge in [0.15, 0.2) is 6.61 Å². The van der Waals surface area contributed by atoms with Crippen molar-refractivity contribution in [2.45, 2.75) is 31.8 Å². The summed E-state index contributed by atoms with van der Waals surface area (Å²) in [5.41, 5.74) is 0.954. The molecule has 2 N–H and O–H groups in total. The quantitative estimate of drug-likeness (QED) is 0.368. The lowest BCUT2D eigenvalue weighted by Gasteiger charge is -2.17. The van der Waals surface area contributed by atoms with Crippen molar-refractivity contribution in [3.63, 3.8) is 0 Å². The summed E-state index contributed by atoms with van der Waals surface area (Å²) < 4.78 is 10.3. The van der Waals surface area contributed by atoms with Crippen LogP contribution in [0.1, 0.15) is 41.7 Å². The number of carbonyl (C=O) groups excluding carboxylic acids is 2. The zero-order chi connectivity index (χ0) is 21.7. The van der Waals surface area contributed by atoms with Crippen molar-refractivity contribution in [3.8, 4) is 5.75 Å². The highest BCUT2D eigenvalue weighted by Gasteiger charge is 2.26. The minimum absolute atomic E-state index is 0.00799. The Morgan fingerprint density at radius 2 is 1.97 bits per heavy atom. The van der Waals surface area contributed by atoms with Crippen LogP contribution in [0.25, 0.3) is 0 Å². The van der Waals surface area contributed by atoms with E-state index in [2.05, 4.69) is 10.6 Å². The number of para-hydroxylation sites is 1. The molecule has 0 aliphatic heterocycles. The summed E-state index contributed by atoms with van der Waals surface area (Å²) in [6.45, 7) is 1.28. The molecule has 30 heavy (non-hydrogen) atoms. The number of rotatable bonds is 9. The molecule has 1 saturated carbocycles. The number of nitro groups is 1. The second-order valence-corrected chi connectivity index (χ2v) is 7.01. The number of hydrogen-bond donors (Lipinski definition) is 2. The van der Waals surface area contributed by atoms with Crippen LogP contribution >= 0.6 is 0 Å². The van der Waals surface area contributed by atoms with E-state index in [1.165, 1.54) is 12.1 Å². The first-order valence-corrected chi connectivity index (χ1v) is 9.53. The van der Waals surface area contributed by atoms with Crippen LogP contribution in [-0.2, 0) is 9.53 Å². The van der Waals surface area contributed by atoms with Crippen LogP contribution in [0, 0.1) is 10.1 Å². The topological polar surface area (TPSA) is 120 Å². The molecule has 0 bridgehead atoms. The highest BCUT2D eigenvalue weighted by molar-refractivity contribution is 5.93. The normalized spacial score (nSPS) is 13.8. The summed E-state index contributed by atoms with van der Waals surface area (Å²) in [7, 11) is 1.54. The van der Waals surface area contributed by atoms with Gasteiger partial charge < -0.3 is 20.1 Å². The van der Waals surface area contributed by atoms with Gasteiger partial charge in [0, 0.05) is 17.7 Å². The summed E-state index contributed by atoms with van der Waals surface area (Å²) in [6, 6.07) is 11.2. The Labute approximate surface area is 173 Å². The van der Waals surface area contributed by atoms with Gasteiger partial charge in [-0.1, -0.05) is 18.2 Å². The number of esters is 1. The summed E-state index contributed by atoms with van der Waals surface area (Å²) >= 11 is 0. The van der Waals surface area contributed by atoms with E-state index in [4.69, 9.17) is 9.47 Å². The van der Waals surface area contributed by atoms with Crippen molar-refractivity contribution in [2.75, 3.05) is 19.0 Å². The van der Waals surface area contributed by atoms with E-state index in [1.54, 1.807) is 20.1 Å². The molecule has 1 amide bonds. The third kappa shape index (κ3) is 5.25. The number of anilines is 1. The van der Waals surface area contributed by atoms with Gasteiger partial charge >= 0.3 is 5.97 Å². The van der Waals surface area contributed by atoms with E-state index in [0.717, 1.165) is 24.5 Å². The molecule has 0 saturated heterocycles. The number of nitrogens with zero attached hydrogens (tertiary/aromatic N) is 1. The van der Waals surface area contributed by atoms with Gasteiger partial charge in [0.25, 0.3) is 11.6 Å². The standard InChI is InChI=1S/C21H23N3O6/c1-13(16-5-3-4-6-19(16)29-2)22-20(25)12-30-21(26)14-7-10-17(23-15-8-9-15)18(11-14)24(27)28/h3-7,10-11,13,15,23H,8-9,12H2,1-2H3,(H,22,25). The highest BCUT2D eigenvalue weighted by atomic mass is 16.6. The maximum absolute atomic E-state index is 12.3. The van der Waals surface area contributed by atoms with E-state index in [9.17, 15) is 19.7 Å². The number of hydrogen-bond acceptors (Lipinski definition) is 7. The predicted octanol–water partition coefficient (Wildman–Crippen LogP) is 3.21. The fourth-order valence-corrected chi connectivity index (χ4v) is 2.98. The van der Waals surface area contributed by atoms with Gasteiger partial charge in [-0.25, -0.2) is 4.79 Å². The number of nitro benzene ring substituents is 1. The molecule has 0 heterocycles. The summed E-state index contributed by atoms with van der Waals surface area (Å²) in [4.78, 5) is 35.2. The number of amides is 1. The number of methoxy groups -OCH3 is 1. The molecule has 158 valence electrons. The Balaban J connectivity index is 1.58. The fourth-order valence-electron chi connectivity index (χ4n) is 2.98. The zero-order valence-electron chi connectivity index (χ0n) is 16.7. The molecule has 9 heteroatoms. The maximum Gasteiger partial charge on any atom is 0.338 e. The van der Waals surface area contributed by atoms with E-state index < -0.39 is 23.4 Å². The number of carbonyl (C=O) groups is 2. The van der Waals surface area contributed by atoms with Crippen molar-refractivity contribution in [1.82, 2.24) is 5.32 Å². The van der Waals surface area contributed by atoms with Crippen LogP contribution in [0.2, 0.25) is 0 Å². The van der Waals surface area contributed by atoms with E-state index in [0.29, 0.717) is 11.4 Å². The molecule has 1 atom stereocenters. The first-order chi connectivity index (χ1) is 14.4. The molecule has 0 spiro atoms. The summed E-state index contributed by atoms with van der Waals surface area (Å²) in [5.74, 6) is -0.672. The van der Waals surface area contributed by atoms with Crippen LogP contribution in [0.5, 0.6) is 5.75 Å². The van der Waals surface area contributed by atoms with Crippen LogP contribution in [0.15, 0.2) is 42.5 Å². The second-order valence-electron chi connectivity index (χ2n) is 7.01. The van der Waals surface area contributed by atoms with Gasteiger partial charge in [-0.2, -0.15) is 0 Å². The van der Waals surface area contributed by atoms with Crippen molar-refractivity contribution < 1.29 is 24.0 Å². The fraction of sp³-hybridized carbons (Fsp3) is 0.333. The van der Waals surface area contributed by atoms with E-state index in [-0.39, 0.29) is 23.3 Å². The first kappa shape index (κ1) is 21.1. The third-order valence-corrected chi connectivity index (χ3v) is 4.68. The molecular formula is C21H23N3O6. The second kappa shape index (κ2) is 9.25. The SMILES string of the molecule is COc1ccccc1C(C)NC(=O)COC(=O)c1ccc(NC2CC2)c([N+](=O)[O-])c1. The molecule has 9 nitrogen and oxygen atoms in total. The van der Waals surface area contributed by atoms with Crippen molar-refractivity contribution in [1.29, 1.82) is 0 Å². The van der Waals surface area contributed by atoms with Gasteiger partial charge in [-0.05, 0) is 38.0 Å². The minimum atomic E-state index is -0.809. The molecule has 0 radical (unpaired) electrons. The molecule has 2 aromatic carbocycles. The summed E-state index contributed by atoms with van der Waals surface area (Å²) in [5, 5.41) is 17.1. The molecule has 1 aliphatic carbocycles. The van der Waals surface area contributed by atoms with Gasteiger partial charge in [-0.15, -0.1) is 0 Å². The Morgan fingerprint density at radius 3 is 2.63 bits per heavy atom. The predicted molar refractivity (Wildman–Crippen MR) is 110 cm³/mol. The maximum atomic E-state index is 12.3. The third-order valence-electron chi connectivity index (χ3n) is 4.68. The molecule has 1 unspecified atom stereocenters. The minimum Gasteiger partial charge on any atom is -0.496 e. The van der Waals surface area contributed by atoms with E-state index in [1.807, 2.05) is 18.2 Å². The molecule has 2 aromatic rings. The molecule has 3 rings (SSSR count). The van der Waals surface area contributed by atoms with Gasteiger partial charge in [-0.3, -0.25) is 14.9 Å². The zero-order valence-corrected chi connectivity index (χ0v) is 16.7. The first-order valence-electron chi connectivity index (χ1n) is 9.53. The van der Waals surface area contributed by atoms with Crippen LogP contribution in [0.3, 0.4) is 0 Å². The lowest BCUT2D eigenvalue weighted by atomic mass is 10.1. The van der Waals surface area contributed by atoms with Crippen molar-refractivity contribution >= 4 is 23.3 Å². The van der Waals surface area contributed by atoms with Gasteiger partial charge in [0.05, 0.1) is 23.6 Å². The Hall–Kier alpha value is -3.62. The van der Waals surface area contributed by atoms with Gasteiger partial charge in [0.2, 0.25) is 0 Å².